The van der Waals surface area contributed by atoms with Crippen molar-refractivity contribution in [2.45, 2.75) is 13.3 Å². The normalized spacial score (nSPS) is 10.5. The van der Waals surface area contributed by atoms with E-state index in [1.165, 1.54) is 10.9 Å². The van der Waals surface area contributed by atoms with Crippen LogP contribution in [0.15, 0.2) is 42.6 Å². The minimum absolute atomic E-state index is 0.304. The van der Waals surface area contributed by atoms with Gasteiger partial charge in [0.25, 0.3) is 0 Å². The number of hydrogen-bond donors (Lipinski definition) is 3. The van der Waals surface area contributed by atoms with E-state index in [1.807, 2.05) is 18.3 Å². The second-order valence-corrected chi connectivity index (χ2v) is 5.63. The van der Waals surface area contributed by atoms with Gasteiger partial charge < -0.3 is 19.8 Å². The van der Waals surface area contributed by atoms with E-state index in [0.29, 0.717) is 30.5 Å². The number of amides is 1. The van der Waals surface area contributed by atoms with Gasteiger partial charge in [0.15, 0.2) is 5.82 Å². The summed E-state index contributed by atoms with van der Waals surface area (Å²) < 4.78 is 10.1. The fourth-order valence-electron chi connectivity index (χ4n) is 2.72. The first-order chi connectivity index (χ1) is 12.7. The second kappa shape index (κ2) is 8.24. The van der Waals surface area contributed by atoms with Crippen molar-refractivity contribution in [1.29, 1.82) is 0 Å². The van der Waals surface area contributed by atoms with Gasteiger partial charge in [-0.15, -0.1) is 0 Å². The predicted octanol–water partition coefficient (Wildman–Crippen LogP) is 3.79. The molecule has 0 radical (unpaired) electrons. The first-order valence-electron chi connectivity index (χ1n) is 8.49. The van der Waals surface area contributed by atoms with Gasteiger partial charge in [0.1, 0.15) is 0 Å². The lowest BCUT2D eigenvalue weighted by atomic mass is 10.1. The van der Waals surface area contributed by atoms with Crippen molar-refractivity contribution in [3.8, 4) is 5.88 Å². The van der Waals surface area contributed by atoms with Crippen molar-refractivity contribution in [1.82, 2.24) is 9.97 Å². The Morgan fingerprint density at radius 2 is 2.08 bits per heavy atom. The minimum atomic E-state index is -0.515. The van der Waals surface area contributed by atoms with Crippen LogP contribution in [0.4, 0.5) is 16.3 Å². The largest absolute Gasteiger partial charge is 0.481 e. The number of aromatic nitrogens is 2. The lowest BCUT2D eigenvalue weighted by Gasteiger charge is -2.13. The molecule has 7 heteroatoms. The molecule has 0 fully saturated rings. The van der Waals surface area contributed by atoms with Gasteiger partial charge in [-0.2, -0.15) is 4.98 Å². The molecule has 0 aliphatic heterocycles. The molecule has 2 heterocycles. The van der Waals surface area contributed by atoms with Crippen LogP contribution in [-0.4, -0.2) is 36.3 Å². The smallest absolute Gasteiger partial charge is 0.411 e. The monoisotopic (exact) mass is 354 g/mol. The van der Waals surface area contributed by atoms with E-state index in [2.05, 4.69) is 32.7 Å². The molecular formula is C19H22N4O3. The third-order valence-electron chi connectivity index (χ3n) is 3.95. The van der Waals surface area contributed by atoms with Gasteiger partial charge >= 0.3 is 6.09 Å². The first-order valence-corrected chi connectivity index (χ1v) is 8.49. The zero-order valence-corrected chi connectivity index (χ0v) is 14.8. The zero-order valence-electron chi connectivity index (χ0n) is 14.8. The van der Waals surface area contributed by atoms with Crippen molar-refractivity contribution in [3.05, 3.63) is 48.2 Å². The van der Waals surface area contributed by atoms with E-state index in [0.717, 1.165) is 11.9 Å². The molecule has 0 saturated heterocycles. The number of hydrogen-bond acceptors (Lipinski definition) is 5. The van der Waals surface area contributed by atoms with Crippen LogP contribution in [0.5, 0.6) is 5.88 Å². The van der Waals surface area contributed by atoms with Crippen molar-refractivity contribution < 1.29 is 14.3 Å². The summed E-state index contributed by atoms with van der Waals surface area (Å²) in [4.78, 5) is 19.3. The van der Waals surface area contributed by atoms with Crippen LogP contribution in [0.1, 0.15) is 12.5 Å². The second-order valence-electron chi connectivity index (χ2n) is 5.63. The Balaban J connectivity index is 1.70. The van der Waals surface area contributed by atoms with Crippen LogP contribution in [0, 0.1) is 0 Å². The standard InChI is InChI=1S/C19H22N4O3/c1-3-26-19(24)22-16-8-9-17(25-2)23-18(16)20-11-10-13-12-21-15-7-5-4-6-14(13)15/h4-9,12,21H,3,10-11H2,1-2H3,(H,20,23)(H,22,24). The summed E-state index contributed by atoms with van der Waals surface area (Å²) in [5.74, 6) is 1.01. The molecule has 0 aliphatic rings. The van der Waals surface area contributed by atoms with Gasteiger partial charge in [-0.3, -0.25) is 5.32 Å². The number of aromatic amines is 1. The molecule has 136 valence electrons. The van der Waals surface area contributed by atoms with Crippen molar-refractivity contribution >= 4 is 28.5 Å². The number of benzene rings is 1. The summed E-state index contributed by atoms with van der Waals surface area (Å²) in [6.07, 6.45) is 2.31. The molecule has 26 heavy (non-hydrogen) atoms. The molecule has 3 aromatic rings. The number of pyridine rings is 1. The maximum Gasteiger partial charge on any atom is 0.411 e. The number of ether oxygens (including phenoxy) is 2. The molecular weight excluding hydrogens is 332 g/mol. The maximum absolute atomic E-state index is 11.7. The number of carbonyl (C=O) groups is 1. The Kier molecular flexibility index (Phi) is 5.58. The van der Waals surface area contributed by atoms with Gasteiger partial charge in [-0.05, 0) is 31.0 Å². The highest BCUT2D eigenvalue weighted by Gasteiger charge is 2.11. The SMILES string of the molecule is CCOC(=O)Nc1ccc(OC)nc1NCCc1c[nH]c2ccccc12. The Morgan fingerprint density at radius 3 is 2.88 bits per heavy atom. The van der Waals surface area contributed by atoms with Crippen LogP contribution in [-0.2, 0) is 11.2 Å². The molecule has 0 spiro atoms. The molecule has 1 amide bonds. The number of H-pyrrole nitrogens is 1. The summed E-state index contributed by atoms with van der Waals surface area (Å²) >= 11 is 0. The highest BCUT2D eigenvalue weighted by atomic mass is 16.5. The Hall–Kier alpha value is -3.22. The Bertz CT molecular complexity index is 891. The summed E-state index contributed by atoms with van der Waals surface area (Å²) in [5.41, 5.74) is 2.88. The quantitative estimate of drug-likeness (QED) is 0.601. The van der Waals surface area contributed by atoms with Gasteiger partial charge in [-0.25, -0.2) is 4.79 Å². The van der Waals surface area contributed by atoms with E-state index in [-0.39, 0.29) is 0 Å². The van der Waals surface area contributed by atoms with E-state index in [9.17, 15) is 4.79 Å². The van der Waals surface area contributed by atoms with E-state index < -0.39 is 6.09 Å². The number of rotatable bonds is 7. The summed E-state index contributed by atoms with van der Waals surface area (Å²) in [5, 5.41) is 7.16. The highest BCUT2D eigenvalue weighted by Crippen LogP contribution is 2.24. The van der Waals surface area contributed by atoms with E-state index >= 15 is 0 Å². The van der Waals surface area contributed by atoms with Gasteiger partial charge in [0.2, 0.25) is 5.88 Å². The molecule has 1 aromatic carbocycles. The topological polar surface area (TPSA) is 88.3 Å². The lowest BCUT2D eigenvalue weighted by molar-refractivity contribution is 0.168. The van der Waals surface area contributed by atoms with E-state index in [1.54, 1.807) is 26.2 Å². The molecule has 3 N–H and O–H groups in total. The molecule has 3 rings (SSSR count). The fourth-order valence-corrected chi connectivity index (χ4v) is 2.72. The molecule has 0 atom stereocenters. The summed E-state index contributed by atoms with van der Waals surface area (Å²) in [7, 11) is 1.55. The average Bonchev–Trinajstić information content (AvgIpc) is 3.06. The first kappa shape index (κ1) is 17.6. The van der Waals surface area contributed by atoms with Crippen LogP contribution in [0.3, 0.4) is 0 Å². The van der Waals surface area contributed by atoms with Crippen LogP contribution >= 0.6 is 0 Å². The molecule has 0 saturated carbocycles. The molecule has 0 aliphatic carbocycles. The van der Waals surface area contributed by atoms with Crippen molar-refractivity contribution in [2.24, 2.45) is 0 Å². The number of para-hydroxylation sites is 1. The number of nitrogens with zero attached hydrogens (tertiary/aromatic N) is 1. The van der Waals surface area contributed by atoms with E-state index in [4.69, 9.17) is 9.47 Å². The highest BCUT2D eigenvalue weighted by molar-refractivity contribution is 5.88. The van der Waals surface area contributed by atoms with Gasteiger partial charge in [0.05, 0.1) is 19.4 Å². The number of methoxy groups -OCH3 is 1. The van der Waals surface area contributed by atoms with Gasteiger partial charge in [0, 0.05) is 29.7 Å². The molecule has 0 unspecified atom stereocenters. The lowest BCUT2D eigenvalue weighted by Crippen LogP contribution is -2.16. The number of fused-ring (bicyclic) bond motifs is 1. The maximum atomic E-state index is 11.7. The molecule has 7 nitrogen and oxygen atoms in total. The fraction of sp³-hybridized carbons (Fsp3) is 0.263. The Labute approximate surface area is 151 Å². The number of nitrogens with one attached hydrogen (secondary N) is 3. The Morgan fingerprint density at radius 1 is 1.23 bits per heavy atom. The number of anilines is 2. The number of carbonyl (C=O) groups excluding carboxylic acids is 1. The molecule has 0 bridgehead atoms. The zero-order chi connectivity index (χ0) is 18.4. The summed E-state index contributed by atoms with van der Waals surface area (Å²) in [6, 6.07) is 11.6. The van der Waals surface area contributed by atoms with Crippen molar-refractivity contribution in [2.75, 3.05) is 30.9 Å². The third-order valence-corrected chi connectivity index (χ3v) is 3.95. The van der Waals surface area contributed by atoms with Crippen LogP contribution in [0.2, 0.25) is 0 Å². The van der Waals surface area contributed by atoms with Gasteiger partial charge in [-0.1, -0.05) is 18.2 Å². The van der Waals surface area contributed by atoms with Crippen LogP contribution < -0.4 is 15.4 Å². The van der Waals surface area contributed by atoms with Crippen LogP contribution in [0.25, 0.3) is 10.9 Å². The predicted molar refractivity (Wildman–Crippen MR) is 102 cm³/mol. The summed E-state index contributed by atoms with van der Waals surface area (Å²) in [6.45, 7) is 2.71. The van der Waals surface area contributed by atoms with Crippen molar-refractivity contribution in [3.63, 3.8) is 0 Å². The third kappa shape index (κ3) is 4.05. The molecule has 2 aromatic heterocycles. The average molecular weight is 354 g/mol. The minimum Gasteiger partial charge on any atom is -0.481 e.